The third kappa shape index (κ3) is 2.81. The Labute approximate surface area is 180 Å². The van der Waals surface area contributed by atoms with E-state index in [9.17, 15) is 0 Å². The van der Waals surface area contributed by atoms with Crippen LogP contribution in [0.4, 0.5) is 0 Å². The van der Waals surface area contributed by atoms with Crippen molar-refractivity contribution in [1.29, 1.82) is 0 Å². The van der Waals surface area contributed by atoms with Gasteiger partial charge in [-0.15, -0.1) is 0 Å². The summed E-state index contributed by atoms with van der Waals surface area (Å²) in [6.07, 6.45) is 0. The predicted molar refractivity (Wildman–Crippen MR) is 126 cm³/mol. The molecular weight excluding hydrogens is 474 g/mol. The van der Waals surface area contributed by atoms with Gasteiger partial charge in [0.15, 0.2) is 0 Å². The number of hydrogen-bond acceptors (Lipinski definition) is 0. The summed E-state index contributed by atoms with van der Waals surface area (Å²) in [4.78, 5) is 0. The number of fused-ring (bicyclic) bond motifs is 3. The lowest BCUT2D eigenvalue weighted by atomic mass is 10.0. The van der Waals surface area contributed by atoms with E-state index < -0.39 is 0 Å². The molecule has 4 aromatic carbocycles. The molecule has 0 amide bonds. The average Bonchev–Trinajstić information content (AvgIpc) is 3.06. The maximum absolute atomic E-state index is 3.68. The Hall–Kier alpha value is -2.36. The van der Waals surface area contributed by atoms with Crippen LogP contribution in [0.3, 0.4) is 0 Å². The lowest BCUT2D eigenvalue weighted by Gasteiger charge is -2.09. The normalized spacial score (nSPS) is 11.4. The van der Waals surface area contributed by atoms with Crippen LogP contribution in [0.15, 0.2) is 93.9 Å². The van der Waals surface area contributed by atoms with Crippen molar-refractivity contribution >= 4 is 53.7 Å². The van der Waals surface area contributed by atoms with Gasteiger partial charge in [0.1, 0.15) is 0 Å². The van der Waals surface area contributed by atoms with E-state index in [2.05, 4.69) is 128 Å². The van der Waals surface area contributed by atoms with E-state index in [4.69, 9.17) is 0 Å². The zero-order valence-corrected chi connectivity index (χ0v) is 18.5. The third-order valence-electron chi connectivity index (χ3n) is 5.30. The first kappa shape index (κ1) is 17.7. The molecule has 0 bridgehead atoms. The molecule has 3 heteroatoms. The molecule has 0 saturated heterocycles. The summed E-state index contributed by atoms with van der Waals surface area (Å²) in [6, 6.07) is 30.3. The second-order valence-electron chi connectivity index (χ2n) is 6.98. The zero-order chi connectivity index (χ0) is 19.3. The Morgan fingerprint density at radius 2 is 1.25 bits per heavy atom. The van der Waals surface area contributed by atoms with Crippen LogP contribution in [0.25, 0.3) is 38.6 Å². The fourth-order valence-corrected chi connectivity index (χ4v) is 5.01. The number of rotatable bonds is 2. The Kier molecular flexibility index (Phi) is 4.37. The van der Waals surface area contributed by atoms with Crippen molar-refractivity contribution in [1.82, 2.24) is 4.57 Å². The smallest absolute Gasteiger partial charge is 0.0541 e. The van der Waals surface area contributed by atoms with Gasteiger partial charge < -0.3 is 4.57 Å². The van der Waals surface area contributed by atoms with Gasteiger partial charge in [-0.1, -0.05) is 74.3 Å². The van der Waals surface area contributed by atoms with Gasteiger partial charge in [0.05, 0.1) is 11.0 Å². The highest BCUT2D eigenvalue weighted by Crippen LogP contribution is 2.37. The van der Waals surface area contributed by atoms with Crippen molar-refractivity contribution in [3.05, 3.63) is 99.4 Å². The summed E-state index contributed by atoms with van der Waals surface area (Å²) in [5.74, 6) is 0. The summed E-state index contributed by atoms with van der Waals surface area (Å²) in [6.45, 7) is 2.11. The molecule has 0 N–H and O–H groups in total. The van der Waals surface area contributed by atoms with Crippen molar-refractivity contribution in [3.63, 3.8) is 0 Å². The molecule has 5 rings (SSSR count). The average molecular weight is 491 g/mol. The van der Waals surface area contributed by atoms with Crippen molar-refractivity contribution < 1.29 is 0 Å². The quantitative estimate of drug-likeness (QED) is 0.234. The molecule has 0 aliphatic heterocycles. The van der Waals surface area contributed by atoms with Gasteiger partial charge in [0, 0.05) is 25.4 Å². The fraction of sp³-hybridized carbons (Fsp3) is 0.0400. The van der Waals surface area contributed by atoms with Crippen LogP contribution in [0.2, 0.25) is 0 Å². The van der Waals surface area contributed by atoms with E-state index in [0.29, 0.717) is 0 Å². The third-order valence-corrected chi connectivity index (χ3v) is 6.95. The molecule has 136 valence electrons. The highest BCUT2D eigenvalue weighted by Gasteiger charge is 2.13. The summed E-state index contributed by atoms with van der Waals surface area (Å²) >= 11 is 7.37. The first-order valence-corrected chi connectivity index (χ1v) is 10.8. The van der Waals surface area contributed by atoms with Gasteiger partial charge in [-0.3, -0.25) is 0 Å². The number of hydrogen-bond donors (Lipinski definition) is 0. The topological polar surface area (TPSA) is 4.93 Å². The summed E-state index contributed by atoms with van der Waals surface area (Å²) in [5.41, 5.74) is 7.26. The van der Waals surface area contributed by atoms with E-state index in [0.717, 1.165) is 8.95 Å². The SMILES string of the molecule is Cc1c(Br)cc(-c2ccc3c(c2)c2ccccc2n3-c2ccccc2)cc1Br. The summed E-state index contributed by atoms with van der Waals surface area (Å²) in [5, 5.41) is 2.54. The highest BCUT2D eigenvalue weighted by atomic mass is 79.9. The van der Waals surface area contributed by atoms with Crippen molar-refractivity contribution in [2.24, 2.45) is 0 Å². The fourth-order valence-electron chi connectivity index (χ4n) is 3.82. The maximum atomic E-state index is 3.68. The molecule has 1 heterocycles. The Morgan fingerprint density at radius 3 is 2.00 bits per heavy atom. The van der Waals surface area contributed by atoms with Crippen LogP contribution >= 0.6 is 31.9 Å². The molecule has 0 atom stereocenters. The standard InChI is InChI=1S/C25H17Br2N/c1-16-22(26)14-18(15-23(16)27)17-11-12-25-21(13-17)20-9-5-6-10-24(20)28(25)19-7-3-2-4-8-19/h2-15H,1H3. The number of para-hydroxylation sites is 2. The van der Waals surface area contributed by atoms with Crippen molar-refractivity contribution in [3.8, 4) is 16.8 Å². The molecule has 28 heavy (non-hydrogen) atoms. The van der Waals surface area contributed by atoms with Crippen LogP contribution in [-0.4, -0.2) is 4.57 Å². The summed E-state index contributed by atoms with van der Waals surface area (Å²) in [7, 11) is 0. The highest BCUT2D eigenvalue weighted by molar-refractivity contribution is 9.11. The van der Waals surface area contributed by atoms with Crippen molar-refractivity contribution in [2.75, 3.05) is 0 Å². The van der Waals surface area contributed by atoms with Gasteiger partial charge in [-0.05, 0) is 66.1 Å². The van der Waals surface area contributed by atoms with Crippen LogP contribution in [0.1, 0.15) is 5.56 Å². The number of nitrogens with zero attached hydrogens (tertiary/aromatic N) is 1. The van der Waals surface area contributed by atoms with Gasteiger partial charge in [-0.2, -0.15) is 0 Å². The van der Waals surface area contributed by atoms with E-state index in [1.165, 1.54) is 44.2 Å². The zero-order valence-electron chi connectivity index (χ0n) is 15.3. The predicted octanol–water partition coefficient (Wildman–Crippen LogP) is 8.28. The second kappa shape index (κ2) is 6.91. The van der Waals surface area contributed by atoms with Crippen LogP contribution < -0.4 is 0 Å². The first-order chi connectivity index (χ1) is 13.6. The Balaban J connectivity index is 1.81. The minimum Gasteiger partial charge on any atom is -0.309 e. The Morgan fingerprint density at radius 1 is 0.607 bits per heavy atom. The van der Waals surface area contributed by atoms with Crippen molar-refractivity contribution in [2.45, 2.75) is 6.92 Å². The molecule has 5 aromatic rings. The van der Waals surface area contributed by atoms with E-state index in [1.807, 2.05) is 0 Å². The second-order valence-corrected chi connectivity index (χ2v) is 8.69. The minimum absolute atomic E-state index is 1.11. The number of benzene rings is 4. The number of aromatic nitrogens is 1. The van der Waals surface area contributed by atoms with E-state index >= 15 is 0 Å². The molecule has 0 aliphatic rings. The van der Waals surface area contributed by atoms with Gasteiger partial charge in [0.2, 0.25) is 0 Å². The van der Waals surface area contributed by atoms with Gasteiger partial charge >= 0.3 is 0 Å². The molecular formula is C25H17Br2N. The largest absolute Gasteiger partial charge is 0.309 e. The molecule has 0 unspecified atom stereocenters. The molecule has 0 spiro atoms. The Bertz CT molecular complexity index is 1310. The molecule has 1 aromatic heterocycles. The van der Waals surface area contributed by atoms with Gasteiger partial charge in [0.25, 0.3) is 0 Å². The first-order valence-electron chi connectivity index (χ1n) is 9.18. The molecule has 0 saturated carbocycles. The number of halogens is 2. The molecule has 0 radical (unpaired) electrons. The van der Waals surface area contributed by atoms with Gasteiger partial charge in [-0.25, -0.2) is 0 Å². The lowest BCUT2D eigenvalue weighted by Crippen LogP contribution is -1.92. The lowest BCUT2D eigenvalue weighted by molar-refractivity contribution is 1.18. The van der Waals surface area contributed by atoms with E-state index in [1.54, 1.807) is 0 Å². The maximum Gasteiger partial charge on any atom is 0.0541 e. The molecule has 0 fully saturated rings. The van der Waals surface area contributed by atoms with Crippen LogP contribution in [0.5, 0.6) is 0 Å². The minimum atomic E-state index is 1.11. The molecule has 1 nitrogen and oxygen atoms in total. The van der Waals surface area contributed by atoms with E-state index in [-0.39, 0.29) is 0 Å². The monoisotopic (exact) mass is 489 g/mol. The summed E-state index contributed by atoms with van der Waals surface area (Å²) < 4.78 is 4.57. The van der Waals surface area contributed by atoms with Crippen LogP contribution in [0, 0.1) is 6.92 Å². The van der Waals surface area contributed by atoms with Crippen LogP contribution in [-0.2, 0) is 0 Å². The molecule has 0 aliphatic carbocycles.